The summed E-state index contributed by atoms with van der Waals surface area (Å²) in [6.07, 6.45) is 6.42. The average Bonchev–Trinajstić information content (AvgIpc) is 3.36. The molecule has 1 aromatic carbocycles. The largest absolute Gasteiger partial charge is 0.335 e. The van der Waals surface area contributed by atoms with Gasteiger partial charge in [-0.3, -0.25) is 0 Å². The number of rotatable bonds is 3. The first kappa shape index (κ1) is 18.4. The summed E-state index contributed by atoms with van der Waals surface area (Å²) < 4.78 is 0. The number of carbonyl (C=O) groups is 1. The average molecular weight is 396 g/mol. The van der Waals surface area contributed by atoms with Crippen LogP contribution in [-0.2, 0) is 5.41 Å². The molecule has 0 aromatic heterocycles. The summed E-state index contributed by atoms with van der Waals surface area (Å²) in [6.45, 7) is 2.00. The van der Waals surface area contributed by atoms with E-state index in [1.165, 1.54) is 12.0 Å². The molecule has 0 bridgehead atoms. The van der Waals surface area contributed by atoms with Gasteiger partial charge in [0.2, 0.25) is 0 Å². The van der Waals surface area contributed by atoms with Crippen molar-refractivity contribution in [2.24, 2.45) is 5.92 Å². The highest BCUT2D eigenvalue weighted by molar-refractivity contribution is 6.34. The highest BCUT2D eigenvalue weighted by atomic mass is 35.5. The van der Waals surface area contributed by atoms with Crippen LogP contribution in [0.5, 0.6) is 0 Å². The highest BCUT2D eigenvalue weighted by Gasteiger charge is 2.57. The lowest BCUT2D eigenvalue weighted by Gasteiger charge is -2.34. The van der Waals surface area contributed by atoms with Crippen molar-refractivity contribution in [3.8, 4) is 0 Å². The minimum absolute atomic E-state index is 0.0841. The van der Waals surface area contributed by atoms with Crippen LogP contribution < -0.4 is 10.6 Å². The predicted octanol–water partition coefficient (Wildman–Crippen LogP) is 4.20. The fourth-order valence-electron chi connectivity index (χ4n) is 5.00. The van der Waals surface area contributed by atoms with E-state index in [9.17, 15) is 4.79 Å². The Kier molecular flexibility index (Phi) is 5.10. The number of nitrogens with zero attached hydrogens (tertiary/aromatic N) is 1. The maximum Gasteiger partial charge on any atom is 0.317 e. The molecule has 142 valence electrons. The van der Waals surface area contributed by atoms with Crippen molar-refractivity contribution < 1.29 is 4.79 Å². The molecule has 1 saturated heterocycles. The number of hydrogen-bond donors (Lipinski definition) is 2. The number of carbonyl (C=O) groups excluding carboxylic acids is 1. The van der Waals surface area contributed by atoms with Gasteiger partial charge in [-0.1, -0.05) is 23.2 Å². The van der Waals surface area contributed by atoms with E-state index < -0.39 is 0 Å². The zero-order valence-corrected chi connectivity index (χ0v) is 16.7. The molecule has 26 heavy (non-hydrogen) atoms. The van der Waals surface area contributed by atoms with Crippen LogP contribution in [0.2, 0.25) is 10.0 Å². The summed E-state index contributed by atoms with van der Waals surface area (Å²) in [5, 5.41) is 8.06. The van der Waals surface area contributed by atoms with Crippen molar-refractivity contribution in [2.45, 2.75) is 56.0 Å². The van der Waals surface area contributed by atoms with Gasteiger partial charge in [0.15, 0.2) is 0 Å². The second kappa shape index (κ2) is 7.21. The minimum atomic E-state index is 0.0841. The van der Waals surface area contributed by atoms with Gasteiger partial charge in [-0.25, -0.2) is 4.79 Å². The first-order valence-corrected chi connectivity index (χ1v) is 10.4. The van der Waals surface area contributed by atoms with E-state index in [0.717, 1.165) is 45.2 Å². The summed E-state index contributed by atoms with van der Waals surface area (Å²) in [4.78, 5) is 14.5. The summed E-state index contributed by atoms with van der Waals surface area (Å²) >= 11 is 12.4. The van der Waals surface area contributed by atoms with Crippen LogP contribution in [0.1, 0.15) is 44.1 Å². The van der Waals surface area contributed by atoms with Gasteiger partial charge >= 0.3 is 6.03 Å². The number of amides is 2. The Bertz CT molecular complexity index is 671. The van der Waals surface area contributed by atoms with Crippen molar-refractivity contribution in [1.82, 2.24) is 15.5 Å². The Morgan fingerprint density at radius 3 is 2.54 bits per heavy atom. The number of halogens is 2. The molecule has 3 aliphatic rings. The van der Waals surface area contributed by atoms with Gasteiger partial charge in [0.1, 0.15) is 0 Å². The number of piperidine rings is 1. The van der Waals surface area contributed by atoms with E-state index in [-0.39, 0.29) is 17.5 Å². The van der Waals surface area contributed by atoms with Crippen LogP contribution >= 0.6 is 23.2 Å². The summed E-state index contributed by atoms with van der Waals surface area (Å²) in [5.41, 5.74) is 1.51. The van der Waals surface area contributed by atoms with Crippen LogP contribution in [0.25, 0.3) is 0 Å². The van der Waals surface area contributed by atoms with Crippen molar-refractivity contribution in [3.63, 3.8) is 0 Å². The van der Waals surface area contributed by atoms with Gasteiger partial charge in [0.05, 0.1) is 0 Å². The van der Waals surface area contributed by atoms with Gasteiger partial charge in [-0.2, -0.15) is 0 Å². The fraction of sp³-hybridized carbons (Fsp3) is 0.650. The summed E-state index contributed by atoms with van der Waals surface area (Å²) in [6, 6.07) is 6.65. The highest BCUT2D eigenvalue weighted by Crippen LogP contribution is 2.62. The molecule has 2 N–H and O–H groups in total. The van der Waals surface area contributed by atoms with Gasteiger partial charge in [-0.05, 0) is 86.7 Å². The van der Waals surface area contributed by atoms with Crippen molar-refractivity contribution >= 4 is 29.2 Å². The lowest BCUT2D eigenvalue weighted by atomic mass is 9.81. The lowest BCUT2D eigenvalue weighted by Crippen LogP contribution is -2.51. The van der Waals surface area contributed by atoms with E-state index in [1.807, 2.05) is 11.9 Å². The van der Waals surface area contributed by atoms with Crippen LogP contribution in [0.4, 0.5) is 4.79 Å². The molecule has 2 saturated carbocycles. The van der Waals surface area contributed by atoms with Crippen molar-refractivity contribution in [2.75, 3.05) is 20.1 Å². The molecule has 1 aliphatic heterocycles. The topological polar surface area (TPSA) is 44.4 Å². The fourth-order valence-corrected chi connectivity index (χ4v) is 5.52. The second-order valence-corrected chi connectivity index (χ2v) is 9.10. The van der Waals surface area contributed by atoms with Crippen molar-refractivity contribution in [1.29, 1.82) is 0 Å². The van der Waals surface area contributed by atoms with Crippen LogP contribution in [0.15, 0.2) is 18.2 Å². The zero-order chi connectivity index (χ0) is 18.3. The molecule has 2 amide bonds. The summed E-state index contributed by atoms with van der Waals surface area (Å²) in [7, 11) is 1.93. The van der Waals surface area contributed by atoms with E-state index in [1.54, 1.807) is 6.07 Å². The van der Waals surface area contributed by atoms with Crippen LogP contribution in [-0.4, -0.2) is 43.2 Å². The first-order chi connectivity index (χ1) is 12.5. The lowest BCUT2D eigenvalue weighted by molar-refractivity contribution is 0.169. The minimum Gasteiger partial charge on any atom is -0.335 e. The monoisotopic (exact) mass is 395 g/mol. The van der Waals surface area contributed by atoms with E-state index in [0.29, 0.717) is 22.0 Å². The normalized spacial score (nSPS) is 31.2. The Balaban J connectivity index is 1.34. The third kappa shape index (κ3) is 3.56. The molecular weight excluding hydrogens is 369 g/mol. The van der Waals surface area contributed by atoms with Gasteiger partial charge in [0.25, 0.3) is 0 Å². The van der Waals surface area contributed by atoms with Crippen molar-refractivity contribution in [3.05, 3.63) is 33.8 Å². The molecule has 6 heteroatoms. The quantitative estimate of drug-likeness (QED) is 0.805. The smallest absolute Gasteiger partial charge is 0.317 e. The molecule has 0 radical (unpaired) electrons. The van der Waals surface area contributed by atoms with Crippen LogP contribution in [0.3, 0.4) is 0 Å². The number of nitrogens with one attached hydrogen (secondary N) is 2. The maximum absolute atomic E-state index is 12.6. The zero-order valence-electron chi connectivity index (χ0n) is 15.2. The van der Waals surface area contributed by atoms with Gasteiger partial charge in [-0.15, -0.1) is 0 Å². The first-order valence-electron chi connectivity index (χ1n) is 9.68. The molecule has 4 rings (SSSR count). The van der Waals surface area contributed by atoms with E-state index in [2.05, 4.69) is 22.8 Å². The van der Waals surface area contributed by atoms with Gasteiger partial charge < -0.3 is 15.5 Å². The van der Waals surface area contributed by atoms with E-state index >= 15 is 0 Å². The molecule has 3 fully saturated rings. The van der Waals surface area contributed by atoms with Crippen LogP contribution in [0, 0.1) is 5.92 Å². The standard InChI is InChI=1S/C20H27Cl2N3O/c1-25(18-3-6-23-7-4-18)19(26)24-17-2-5-20(12-14(20)10-17)13-8-15(21)11-16(22)9-13/h8-9,11,14,17-18,23H,2-7,10,12H2,1H3,(H,24,26)/t14?,17-,20-/m0/s1. The second-order valence-electron chi connectivity index (χ2n) is 8.23. The summed E-state index contributed by atoms with van der Waals surface area (Å²) in [5.74, 6) is 0.625. The SMILES string of the molecule is CN(C(=O)N[C@H]1CC[C@@]2(c3cc(Cl)cc(Cl)c3)CC2C1)C1CCNCC1. The maximum atomic E-state index is 12.6. The third-order valence-electron chi connectivity index (χ3n) is 6.68. The molecule has 3 atom stereocenters. The Morgan fingerprint density at radius 2 is 1.88 bits per heavy atom. The number of urea groups is 1. The Hall–Kier alpha value is -0.970. The third-order valence-corrected chi connectivity index (χ3v) is 7.12. The number of hydrogen-bond acceptors (Lipinski definition) is 2. The molecule has 2 aliphatic carbocycles. The predicted molar refractivity (Wildman–Crippen MR) is 106 cm³/mol. The Labute approximate surface area is 165 Å². The molecule has 1 heterocycles. The molecule has 1 unspecified atom stereocenters. The molecule has 1 aromatic rings. The van der Waals surface area contributed by atoms with E-state index in [4.69, 9.17) is 23.2 Å². The molecule has 4 nitrogen and oxygen atoms in total. The Morgan fingerprint density at radius 1 is 1.19 bits per heavy atom. The molecular formula is C20H27Cl2N3O. The van der Waals surface area contributed by atoms with Gasteiger partial charge in [0, 0.05) is 29.2 Å². The number of benzene rings is 1. The molecule has 0 spiro atoms. The number of fused-ring (bicyclic) bond motifs is 1.